The zero-order valence-electron chi connectivity index (χ0n) is 21.5. The summed E-state index contributed by atoms with van der Waals surface area (Å²) in [7, 11) is 6.64. The Morgan fingerprint density at radius 1 is 0.622 bits per heavy atom. The van der Waals surface area contributed by atoms with E-state index in [2.05, 4.69) is 24.3 Å². The number of ether oxygens (including phenoxy) is 4. The van der Waals surface area contributed by atoms with Gasteiger partial charge in [-0.1, -0.05) is 60.7 Å². The van der Waals surface area contributed by atoms with Gasteiger partial charge in [-0.25, -0.2) is 0 Å². The molecule has 1 aliphatic rings. The van der Waals surface area contributed by atoms with Gasteiger partial charge in [0.2, 0.25) is 0 Å². The van der Waals surface area contributed by atoms with Gasteiger partial charge in [0.25, 0.3) is 0 Å². The number of aliphatic hydroxyl groups is 1. The van der Waals surface area contributed by atoms with E-state index >= 15 is 0 Å². The Labute approximate surface area is 218 Å². The molecule has 5 rings (SSSR count). The Kier molecular flexibility index (Phi) is 7.06. The molecule has 0 heterocycles. The van der Waals surface area contributed by atoms with Crippen molar-refractivity contribution in [3.05, 3.63) is 119 Å². The Hall–Kier alpha value is -3.96. The highest BCUT2D eigenvalue weighted by molar-refractivity contribution is 5.61. The second kappa shape index (κ2) is 10.6. The highest BCUT2D eigenvalue weighted by Gasteiger charge is 2.48. The van der Waals surface area contributed by atoms with Crippen molar-refractivity contribution < 1.29 is 24.1 Å². The Morgan fingerprint density at radius 3 is 1.76 bits per heavy atom. The molecule has 0 bridgehead atoms. The normalized spacial score (nSPS) is 19.1. The molecule has 4 aromatic carbocycles. The highest BCUT2D eigenvalue weighted by Crippen LogP contribution is 2.62. The molecular weight excluding hydrogens is 464 g/mol. The van der Waals surface area contributed by atoms with Gasteiger partial charge in [0.05, 0.1) is 34.5 Å². The molecule has 0 amide bonds. The molecule has 1 N–H and O–H groups in total. The van der Waals surface area contributed by atoms with Gasteiger partial charge in [-0.3, -0.25) is 0 Å². The number of aliphatic hydroxyl groups excluding tert-OH is 1. The predicted octanol–water partition coefficient (Wildman–Crippen LogP) is 6.47. The molecule has 2 unspecified atom stereocenters. The molecule has 4 atom stereocenters. The van der Waals surface area contributed by atoms with Crippen molar-refractivity contribution in [2.45, 2.75) is 23.9 Å². The fourth-order valence-electron chi connectivity index (χ4n) is 5.78. The van der Waals surface area contributed by atoms with E-state index < -0.39 is 6.10 Å². The topological polar surface area (TPSA) is 57.2 Å². The average molecular weight is 497 g/mol. The number of fused-ring (bicyclic) bond motifs is 1. The van der Waals surface area contributed by atoms with Gasteiger partial charge in [-0.2, -0.15) is 0 Å². The molecule has 0 saturated heterocycles. The summed E-state index contributed by atoms with van der Waals surface area (Å²) in [4.78, 5) is 0. The largest absolute Gasteiger partial charge is 0.497 e. The van der Waals surface area contributed by atoms with Crippen molar-refractivity contribution in [3.8, 4) is 23.0 Å². The van der Waals surface area contributed by atoms with Gasteiger partial charge >= 0.3 is 0 Å². The zero-order valence-corrected chi connectivity index (χ0v) is 21.5. The fourth-order valence-corrected chi connectivity index (χ4v) is 5.78. The summed E-state index contributed by atoms with van der Waals surface area (Å²) in [5.74, 6) is 2.32. The predicted molar refractivity (Wildman–Crippen MR) is 144 cm³/mol. The first kappa shape index (κ1) is 24.7. The van der Waals surface area contributed by atoms with E-state index in [1.807, 2.05) is 66.7 Å². The lowest BCUT2D eigenvalue weighted by Gasteiger charge is -2.30. The van der Waals surface area contributed by atoms with Gasteiger partial charge in [0.15, 0.2) is 0 Å². The van der Waals surface area contributed by atoms with Crippen molar-refractivity contribution in [2.75, 3.05) is 28.4 Å². The van der Waals surface area contributed by atoms with Crippen LogP contribution in [0.4, 0.5) is 0 Å². The standard InChI is InChI=1S/C32H32O5/c1-34-23-15-22(16-24(17-23)35-2)29-28(20-11-7-5-8-12-20)30-26(18-25(36-3)19-27(30)37-4)31(29)32(33)21-13-9-6-10-14-21/h5-19,28-29,31-33H,1-4H3/t28-,29-,31?,32?/m0/s1. The first-order valence-electron chi connectivity index (χ1n) is 12.4. The van der Waals surface area contributed by atoms with Crippen LogP contribution in [-0.2, 0) is 0 Å². The number of benzene rings is 4. The fraction of sp³-hybridized carbons (Fsp3) is 0.250. The molecule has 5 heteroatoms. The molecule has 0 spiro atoms. The summed E-state index contributed by atoms with van der Waals surface area (Å²) in [6.07, 6.45) is -0.771. The second-order valence-electron chi connectivity index (χ2n) is 9.27. The van der Waals surface area contributed by atoms with Gasteiger partial charge in [0.1, 0.15) is 23.0 Å². The Bertz CT molecular complexity index is 1330. The number of rotatable bonds is 8. The summed E-state index contributed by atoms with van der Waals surface area (Å²) in [6, 6.07) is 30.1. The van der Waals surface area contributed by atoms with Crippen molar-refractivity contribution in [1.29, 1.82) is 0 Å². The van der Waals surface area contributed by atoms with E-state index in [0.717, 1.165) is 33.6 Å². The average Bonchev–Trinajstić information content (AvgIpc) is 3.31. The Balaban J connectivity index is 1.82. The second-order valence-corrected chi connectivity index (χ2v) is 9.27. The van der Waals surface area contributed by atoms with Crippen LogP contribution in [0, 0.1) is 0 Å². The maximum atomic E-state index is 12.0. The molecular formula is C32H32O5. The minimum atomic E-state index is -0.771. The van der Waals surface area contributed by atoms with Crippen molar-refractivity contribution in [1.82, 2.24) is 0 Å². The van der Waals surface area contributed by atoms with Crippen LogP contribution in [0.1, 0.15) is 51.7 Å². The molecule has 0 aromatic heterocycles. The maximum absolute atomic E-state index is 12.0. The molecule has 190 valence electrons. The molecule has 1 aliphatic carbocycles. The number of methoxy groups -OCH3 is 4. The smallest absolute Gasteiger partial charge is 0.126 e. The van der Waals surface area contributed by atoms with Crippen LogP contribution >= 0.6 is 0 Å². The van der Waals surface area contributed by atoms with E-state index in [-0.39, 0.29) is 17.8 Å². The zero-order chi connectivity index (χ0) is 25.9. The SMILES string of the molecule is COc1cc(OC)cc([C@@H]2C(C(O)c3ccccc3)c3cc(OC)cc(OC)c3[C@H]2c2ccccc2)c1. The molecule has 0 radical (unpaired) electrons. The van der Waals surface area contributed by atoms with Gasteiger partial charge in [-0.05, 0) is 40.5 Å². The van der Waals surface area contributed by atoms with Crippen LogP contribution in [0.5, 0.6) is 23.0 Å². The highest BCUT2D eigenvalue weighted by atomic mass is 16.5. The van der Waals surface area contributed by atoms with Crippen molar-refractivity contribution in [2.24, 2.45) is 0 Å². The lowest BCUT2D eigenvalue weighted by molar-refractivity contribution is 0.134. The summed E-state index contributed by atoms with van der Waals surface area (Å²) in [5, 5.41) is 12.0. The van der Waals surface area contributed by atoms with Crippen LogP contribution < -0.4 is 18.9 Å². The molecule has 4 aromatic rings. The van der Waals surface area contributed by atoms with Crippen molar-refractivity contribution >= 4 is 0 Å². The quantitative estimate of drug-likeness (QED) is 0.303. The molecule has 37 heavy (non-hydrogen) atoms. The van der Waals surface area contributed by atoms with Crippen molar-refractivity contribution in [3.63, 3.8) is 0 Å². The van der Waals surface area contributed by atoms with Crippen LogP contribution in [0.2, 0.25) is 0 Å². The first-order valence-corrected chi connectivity index (χ1v) is 12.4. The van der Waals surface area contributed by atoms with Crippen LogP contribution in [0.25, 0.3) is 0 Å². The van der Waals surface area contributed by atoms with Gasteiger partial charge < -0.3 is 24.1 Å². The van der Waals surface area contributed by atoms with Crippen LogP contribution in [0.3, 0.4) is 0 Å². The van der Waals surface area contributed by atoms with Crippen LogP contribution in [0.15, 0.2) is 91.0 Å². The van der Waals surface area contributed by atoms with Crippen LogP contribution in [-0.4, -0.2) is 33.5 Å². The summed E-state index contributed by atoms with van der Waals surface area (Å²) in [5.41, 5.74) is 5.08. The lowest BCUT2D eigenvalue weighted by atomic mass is 9.75. The maximum Gasteiger partial charge on any atom is 0.126 e. The van der Waals surface area contributed by atoms with E-state index in [9.17, 15) is 5.11 Å². The third-order valence-corrected chi connectivity index (χ3v) is 7.42. The van der Waals surface area contributed by atoms with Gasteiger partial charge in [0, 0.05) is 35.4 Å². The molecule has 0 aliphatic heterocycles. The number of hydrogen-bond donors (Lipinski definition) is 1. The third kappa shape index (κ3) is 4.51. The minimum absolute atomic E-state index is 0.0859. The van der Waals surface area contributed by atoms with Gasteiger partial charge in [-0.15, -0.1) is 0 Å². The lowest BCUT2D eigenvalue weighted by Crippen LogP contribution is -2.18. The summed E-state index contributed by atoms with van der Waals surface area (Å²) < 4.78 is 22.9. The summed E-state index contributed by atoms with van der Waals surface area (Å²) >= 11 is 0. The Morgan fingerprint density at radius 2 is 1.19 bits per heavy atom. The van der Waals surface area contributed by atoms with E-state index in [1.54, 1.807) is 28.4 Å². The molecule has 5 nitrogen and oxygen atoms in total. The molecule has 0 fully saturated rings. The molecule has 0 saturated carbocycles. The third-order valence-electron chi connectivity index (χ3n) is 7.42. The monoisotopic (exact) mass is 496 g/mol. The first-order chi connectivity index (χ1) is 18.1. The number of hydrogen-bond acceptors (Lipinski definition) is 5. The summed E-state index contributed by atoms with van der Waals surface area (Å²) in [6.45, 7) is 0. The van der Waals surface area contributed by atoms with E-state index in [0.29, 0.717) is 17.2 Å². The van der Waals surface area contributed by atoms with E-state index in [4.69, 9.17) is 18.9 Å². The van der Waals surface area contributed by atoms with E-state index in [1.165, 1.54) is 0 Å². The minimum Gasteiger partial charge on any atom is -0.497 e.